The van der Waals surface area contributed by atoms with E-state index < -0.39 is 5.60 Å². The van der Waals surface area contributed by atoms with Crippen LogP contribution in [0.1, 0.15) is 48.9 Å². The third-order valence-electron chi connectivity index (χ3n) is 5.48. The van der Waals surface area contributed by atoms with Crippen molar-refractivity contribution in [2.75, 3.05) is 32.7 Å². The van der Waals surface area contributed by atoms with Gasteiger partial charge in [0.25, 0.3) is 0 Å². The van der Waals surface area contributed by atoms with Gasteiger partial charge in [-0.2, -0.15) is 0 Å². The van der Waals surface area contributed by atoms with Gasteiger partial charge in [0.2, 0.25) is 0 Å². The van der Waals surface area contributed by atoms with Crippen molar-refractivity contribution in [1.82, 2.24) is 20.5 Å². The maximum atomic E-state index is 10.7. The van der Waals surface area contributed by atoms with Crippen LogP contribution in [0, 0.1) is 19.8 Å². The molecule has 2 aromatic rings. The fraction of sp³-hybridized carbons (Fsp3) is 0.636. The minimum atomic E-state index is -1.13. The van der Waals surface area contributed by atoms with Gasteiger partial charge in [0.1, 0.15) is 17.1 Å². The Morgan fingerprint density at radius 1 is 1.33 bits per heavy atom. The molecule has 1 fully saturated rings. The van der Waals surface area contributed by atoms with Crippen molar-refractivity contribution in [3.8, 4) is 0 Å². The van der Waals surface area contributed by atoms with Crippen LogP contribution in [-0.2, 0) is 12.1 Å². The minimum Gasteiger partial charge on any atom is -0.463 e. The molecule has 3 N–H and O–H groups in total. The standard InChI is InChI=1S/C22H35N5O2S/c1-5-23-21(25-15-22(4,28)20-7-6-16(2)29-20)24-12-18-8-10-27(11-9-18)13-19-14-30-17(3)26-19/h6-7,14,18,28H,5,8-13,15H2,1-4H3,(H2,23,24,25). The number of aliphatic imine (C=N–C) groups is 1. The highest BCUT2D eigenvalue weighted by Gasteiger charge is 2.27. The van der Waals surface area contributed by atoms with Crippen LogP contribution >= 0.6 is 11.3 Å². The van der Waals surface area contributed by atoms with Crippen LogP contribution in [-0.4, -0.2) is 53.7 Å². The Kier molecular flexibility index (Phi) is 7.91. The van der Waals surface area contributed by atoms with Crippen molar-refractivity contribution in [2.24, 2.45) is 10.9 Å². The average molecular weight is 434 g/mol. The second-order valence-corrected chi connectivity index (χ2v) is 9.40. The third kappa shape index (κ3) is 6.55. The molecule has 166 valence electrons. The Bertz CT molecular complexity index is 821. The molecule has 30 heavy (non-hydrogen) atoms. The number of aryl methyl sites for hydroxylation is 2. The molecule has 2 aromatic heterocycles. The number of aromatic nitrogens is 1. The van der Waals surface area contributed by atoms with E-state index in [9.17, 15) is 5.11 Å². The second-order valence-electron chi connectivity index (χ2n) is 8.34. The first kappa shape index (κ1) is 22.8. The summed E-state index contributed by atoms with van der Waals surface area (Å²) in [6, 6.07) is 3.67. The first-order valence-corrected chi connectivity index (χ1v) is 11.7. The molecule has 1 aliphatic heterocycles. The third-order valence-corrected chi connectivity index (χ3v) is 6.30. The van der Waals surface area contributed by atoms with E-state index in [4.69, 9.17) is 4.42 Å². The van der Waals surface area contributed by atoms with Gasteiger partial charge >= 0.3 is 0 Å². The molecule has 0 aromatic carbocycles. The van der Waals surface area contributed by atoms with Crippen LogP contribution in [0.2, 0.25) is 0 Å². The zero-order valence-electron chi connectivity index (χ0n) is 18.6. The first-order valence-electron chi connectivity index (χ1n) is 10.8. The van der Waals surface area contributed by atoms with Gasteiger partial charge in [-0.1, -0.05) is 0 Å². The molecule has 0 spiro atoms. The zero-order valence-corrected chi connectivity index (χ0v) is 19.4. The number of piperidine rings is 1. The smallest absolute Gasteiger partial charge is 0.191 e. The molecule has 1 atom stereocenters. The number of aliphatic hydroxyl groups is 1. The monoisotopic (exact) mass is 433 g/mol. The van der Waals surface area contributed by atoms with E-state index in [1.54, 1.807) is 18.3 Å². The lowest BCUT2D eigenvalue weighted by atomic mass is 9.97. The number of hydrogen-bond donors (Lipinski definition) is 3. The zero-order chi connectivity index (χ0) is 21.6. The number of thiazole rings is 1. The Morgan fingerprint density at radius 2 is 2.10 bits per heavy atom. The molecule has 3 heterocycles. The Hall–Kier alpha value is -1.90. The lowest BCUT2D eigenvalue weighted by Crippen LogP contribution is -2.43. The Labute approximate surface area is 183 Å². The van der Waals surface area contributed by atoms with Crippen LogP contribution in [0.3, 0.4) is 0 Å². The highest BCUT2D eigenvalue weighted by molar-refractivity contribution is 7.09. The molecular formula is C22H35N5O2S. The van der Waals surface area contributed by atoms with Crippen molar-refractivity contribution in [3.63, 3.8) is 0 Å². The first-order chi connectivity index (χ1) is 14.4. The van der Waals surface area contributed by atoms with Gasteiger partial charge in [0.05, 0.1) is 17.2 Å². The summed E-state index contributed by atoms with van der Waals surface area (Å²) < 4.78 is 5.58. The van der Waals surface area contributed by atoms with E-state index in [1.165, 1.54) is 18.5 Å². The van der Waals surface area contributed by atoms with Gasteiger partial charge < -0.3 is 20.2 Å². The van der Waals surface area contributed by atoms with Gasteiger partial charge in [-0.25, -0.2) is 9.98 Å². The molecule has 8 heteroatoms. The van der Waals surface area contributed by atoms with Crippen LogP contribution in [0.4, 0.5) is 0 Å². The van der Waals surface area contributed by atoms with Gasteiger partial charge in [-0.05, 0) is 71.7 Å². The van der Waals surface area contributed by atoms with Gasteiger partial charge in [-0.3, -0.25) is 4.90 Å². The van der Waals surface area contributed by atoms with Crippen molar-refractivity contribution < 1.29 is 9.52 Å². The predicted octanol–water partition coefficient (Wildman–Crippen LogP) is 3.03. The Balaban J connectivity index is 1.46. The minimum absolute atomic E-state index is 0.237. The van der Waals surface area contributed by atoms with E-state index in [-0.39, 0.29) is 6.54 Å². The number of hydrogen-bond acceptors (Lipinski definition) is 6. The van der Waals surface area contributed by atoms with Crippen LogP contribution in [0.5, 0.6) is 0 Å². The molecular weight excluding hydrogens is 398 g/mol. The number of rotatable bonds is 8. The topological polar surface area (TPSA) is 85.9 Å². The fourth-order valence-electron chi connectivity index (χ4n) is 3.68. The summed E-state index contributed by atoms with van der Waals surface area (Å²) in [6.45, 7) is 12.8. The molecule has 0 amide bonds. The number of likely N-dealkylation sites (tertiary alicyclic amines) is 1. The quantitative estimate of drug-likeness (QED) is 0.438. The Morgan fingerprint density at radius 3 is 2.70 bits per heavy atom. The molecule has 1 aliphatic rings. The maximum absolute atomic E-state index is 10.7. The largest absolute Gasteiger partial charge is 0.463 e. The SMILES string of the molecule is CCNC(=NCC(C)(O)c1ccc(C)o1)NCC1CCN(Cc2csc(C)n2)CC1. The van der Waals surface area contributed by atoms with E-state index in [0.29, 0.717) is 11.7 Å². The van der Waals surface area contributed by atoms with E-state index in [1.807, 2.05) is 26.0 Å². The van der Waals surface area contributed by atoms with E-state index in [0.717, 1.165) is 49.5 Å². The number of guanidine groups is 1. The molecule has 3 rings (SSSR count). The number of furan rings is 1. The average Bonchev–Trinajstić information content (AvgIpc) is 3.34. The van der Waals surface area contributed by atoms with Crippen LogP contribution < -0.4 is 10.6 Å². The van der Waals surface area contributed by atoms with Crippen LogP contribution in [0.25, 0.3) is 0 Å². The highest BCUT2D eigenvalue weighted by Crippen LogP contribution is 2.23. The molecule has 1 unspecified atom stereocenters. The summed E-state index contributed by atoms with van der Waals surface area (Å²) in [6.07, 6.45) is 2.33. The molecule has 1 saturated heterocycles. The summed E-state index contributed by atoms with van der Waals surface area (Å²) in [7, 11) is 0. The highest BCUT2D eigenvalue weighted by atomic mass is 32.1. The van der Waals surface area contributed by atoms with E-state index >= 15 is 0 Å². The summed E-state index contributed by atoms with van der Waals surface area (Å²) in [5.74, 6) is 2.69. The molecule has 0 bridgehead atoms. The maximum Gasteiger partial charge on any atom is 0.191 e. The summed E-state index contributed by atoms with van der Waals surface area (Å²) >= 11 is 1.72. The molecule has 0 aliphatic carbocycles. The predicted molar refractivity (Wildman–Crippen MR) is 122 cm³/mol. The lowest BCUT2D eigenvalue weighted by Gasteiger charge is -2.31. The molecule has 0 radical (unpaired) electrons. The second kappa shape index (κ2) is 10.4. The lowest BCUT2D eigenvalue weighted by molar-refractivity contribution is 0.0428. The summed E-state index contributed by atoms with van der Waals surface area (Å²) in [5, 5.41) is 20.8. The van der Waals surface area contributed by atoms with Crippen molar-refractivity contribution in [1.29, 1.82) is 0 Å². The van der Waals surface area contributed by atoms with Crippen molar-refractivity contribution in [2.45, 2.75) is 52.7 Å². The fourth-order valence-corrected chi connectivity index (χ4v) is 4.28. The van der Waals surface area contributed by atoms with Crippen molar-refractivity contribution in [3.05, 3.63) is 39.7 Å². The number of nitrogens with zero attached hydrogens (tertiary/aromatic N) is 3. The molecule has 0 saturated carbocycles. The molecule has 7 nitrogen and oxygen atoms in total. The van der Waals surface area contributed by atoms with Gasteiger partial charge in [0, 0.05) is 25.0 Å². The van der Waals surface area contributed by atoms with Crippen LogP contribution in [0.15, 0.2) is 26.9 Å². The van der Waals surface area contributed by atoms with E-state index in [2.05, 4.69) is 37.8 Å². The number of nitrogens with one attached hydrogen (secondary N) is 2. The van der Waals surface area contributed by atoms with Crippen molar-refractivity contribution >= 4 is 17.3 Å². The summed E-state index contributed by atoms with van der Waals surface area (Å²) in [5.41, 5.74) is 0.0603. The van der Waals surface area contributed by atoms with Gasteiger partial charge in [0.15, 0.2) is 5.96 Å². The van der Waals surface area contributed by atoms with Gasteiger partial charge in [-0.15, -0.1) is 11.3 Å². The normalized spacial score (nSPS) is 18.4. The summed E-state index contributed by atoms with van der Waals surface area (Å²) in [4.78, 5) is 11.7.